The van der Waals surface area contributed by atoms with Crippen molar-refractivity contribution in [1.29, 1.82) is 0 Å². The second-order valence-corrected chi connectivity index (χ2v) is 18.4. The summed E-state index contributed by atoms with van der Waals surface area (Å²) in [6.07, 6.45) is 17.0. The average molecular weight is 921 g/mol. The third-order valence-electron chi connectivity index (χ3n) is 12.6. The van der Waals surface area contributed by atoms with Crippen LogP contribution in [-0.2, 0) is 38.0 Å². The lowest BCUT2D eigenvalue weighted by Crippen LogP contribution is -2.61. The molecule has 0 aromatic rings. The summed E-state index contributed by atoms with van der Waals surface area (Å²) in [7, 11) is 0. The molecule has 2 fully saturated rings. The van der Waals surface area contributed by atoms with E-state index in [1.54, 1.807) is 0 Å². The first-order valence-electron chi connectivity index (χ1n) is 25.6. The Kier molecular flexibility index (Phi) is 34.3. The van der Waals surface area contributed by atoms with Gasteiger partial charge in [-0.05, 0) is 12.8 Å². The van der Waals surface area contributed by atoms with Crippen molar-refractivity contribution < 1.29 is 73.8 Å². The van der Waals surface area contributed by atoms with Crippen molar-refractivity contribution in [2.45, 2.75) is 274 Å². The summed E-state index contributed by atoms with van der Waals surface area (Å²) < 4.78 is 33.6. The average Bonchev–Trinajstić information content (AvgIpc) is 3.29. The molecule has 64 heavy (non-hydrogen) atoms. The number of aliphatic hydroxyl groups excluding tert-OH is 7. The van der Waals surface area contributed by atoms with Gasteiger partial charge in [-0.3, -0.25) is 9.59 Å². The van der Waals surface area contributed by atoms with Gasteiger partial charge in [0.05, 0.1) is 19.8 Å². The molecule has 0 spiro atoms. The van der Waals surface area contributed by atoms with Crippen molar-refractivity contribution in [1.82, 2.24) is 0 Å². The van der Waals surface area contributed by atoms with Crippen LogP contribution in [0.25, 0.3) is 0 Å². The number of unbranched alkanes of at least 4 members (excludes halogenated alkanes) is 26. The van der Waals surface area contributed by atoms with Crippen molar-refractivity contribution in [3.8, 4) is 0 Å². The molecule has 2 aliphatic rings. The van der Waals surface area contributed by atoms with Gasteiger partial charge in [0.1, 0.15) is 55.4 Å². The summed E-state index contributed by atoms with van der Waals surface area (Å²) in [6.45, 7) is 2.61. The monoisotopic (exact) mass is 921 g/mol. The Labute approximate surface area is 385 Å². The zero-order valence-corrected chi connectivity index (χ0v) is 39.8. The molecule has 0 amide bonds. The maximum atomic E-state index is 13.0. The van der Waals surface area contributed by atoms with E-state index in [2.05, 4.69) is 13.8 Å². The molecule has 0 radical (unpaired) electrons. The molecule has 2 heterocycles. The van der Waals surface area contributed by atoms with E-state index < -0.39 is 92.7 Å². The Morgan fingerprint density at radius 3 is 1.22 bits per heavy atom. The number of carbonyl (C=O) groups excluding carboxylic acids is 2. The summed E-state index contributed by atoms with van der Waals surface area (Å²) in [5.41, 5.74) is 0. The molecular formula is C49H92O15. The van der Waals surface area contributed by atoms with Crippen LogP contribution >= 0.6 is 0 Å². The number of ether oxygens (including phenoxy) is 6. The van der Waals surface area contributed by atoms with Crippen LogP contribution in [0.15, 0.2) is 0 Å². The van der Waals surface area contributed by atoms with Crippen LogP contribution in [0.1, 0.15) is 206 Å². The number of hydrogen-bond acceptors (Lipinski definition) is 15. The van der Waals surface area contributed by atoms with Crippen molar-refractivity contribution in [3.63, 3.8) is 0 Å². The first kappa shape index (κ1) is 58.6. The number of aliphatic hydroxyl groups is 7. The predicted octanol–water partition coefficient (Wildman–Crippen LogP) is 6.82. The van der Waals surface area contributed by atoms with E-state index in [9.17, 15) is 45.3 Å². The zero-order chi connectivity index (χ0) is 46.8. The molecule has 0 aliphatic carbocycles. The molecule has 15 nitrogen and oxygen atoms in total. The smallest absolute Gasteiger partial charge is 0.306 e. The second-order valence-electron chi connectivity index (χ2n) is 18.4. The third kappa shape index (κ3) is 25.6. The number of hydrogen-bond donors (Lipinski definition) is 7. The Morgan fingerprint density at radius 1 is 0.438 bits per heavy atom. The van der Waals surface area contributed by atoms with Gasteiger partial charge in [0.25, 0.3) is 0 Å². The van der Waals surface area contributed by atoms with Crippen LogP contribution in [0, 0.1) is 0 Å². The molecule has 2 saturated heterocycles. The van der Waals surface area contributed by atoms with Crippen molar-refractivity contribution in [3.05, 3.63) is 0 Å². The van der Waals surface area contributed by atoms with Crippen LogP contribution in [0.4, 0.5) is 0 Å². The van der Waals surface area contributed by atoms with E-state index in [0.717, 1.165) is 38.5 Å². The summed E-state index contributed by atoms with van der Waals surface area (Å²) >= 11 is 0. The lowest BCUT2D eigenvalue weighted by molar-refractivity contribution is -0.332. The van der Waals surface area contributed by atoms with Crippen LogP contribution in [0.5, 0.6) is 0 Å². The fourth-order valence-corrected chi connectivity index (χ4v) is 8.34. The summed E-state index contributed by atoms with van der Waals surface area (Å²) in [5.74, 6) is -0.911. The predicted molar refractivity (Wildman–Crippen MR) is 243 cm³/mol. The van der Waals surface area contributed by atoms with Crippen molar-refractivity contribution in [2.75, 3.05) is 26.4 Å². The molecule has 378 valence electrons. The van der Waals surface area contributed by atoms with Gasteiger partial charge in [0.2, 0.25) is 0 Å². The molecule has 2 rings (SSSR count). The van der Waals surface area contributed by atoms with E-state index in [1.807, 2.05) is 0 Å². The second kappa shape index (κ2) is 37.5. The molecule has 7 N–H and O–H groups in total. The highest BCUT2D eigenvalue weighted by molar-refractivity contribution is 5.70. The van der Waals surface area contributed by atoms with Crippen LogP contribution in [-0.4, -0.2) is 142 Å². The maximum absolute atomic E-state index is 13.0. The van der Waals surface area contributed by atoms with Crippen molar-refractivity contribution in [2.24, 2.45) is 0 Å². The molecular weight excluding hydrogens is 829 g/mol. The topological polar surface area (TPSA) is 231 Å². The first-order valence-corrected chi connectivity index (χ1v) is 25.6. The highest BCUT2D eigenvalue weighted by Crippen LogP contribution is 2.26. The molecule has 0 aromatic carbocycles. The van der Waals surface area contributed by atoms with E-state index in [0.29, 0.717) is 12.8 Å². The minimum Gasteiger partial charge on any atom is -0.462 e. The molecule has 15 heteroatoms. The number of esters is 2. The van der Waals surface area contributed by atoms with E-state index in [4.69, 9.17) is 28.4 Å². The lowest BCUT2D eigenvalue weighted by Gasteiger charge is -2.42. The van der Waals surface area contributed by atoms with Crippen LogP contribution in [0.3, 0.4) is 0 Å². The van der Waals surface area contributed by atoms with Gasteiger partial charge in [-0.15, -0.1) is 0 Å². The first-order chi connectivity index (χ1) is 31.0. The summed E-state index contributed by atoms with van der Waals surface area (Å²) in [5, 5.41) is 72.0. The van der Waals surface area contributed by atoms with Gasteiger partial charge in [0.15, 0.2) is 18.7 Å². The Balaban J connectivity index is 1.80. The fourth-order valence-electron chi connectivity index (χ4n) is 8.34. The van der Waals surface area contributed by atoms with Crippen LogP contribution < -0.4 is 0 Å². The minimum atomic E-state index is -1.76. The molecule has 2 aliphatic heterocycles. The van der Waals surface area contributed by atoms with Gasteiger partial charge in [-0.25, -0.2) is 0 Å². The Hall–Kier alpha value is -1.50. The van der Waals surface area contributed by atoms with Gasteiger partial charge in [-0.1, -0.05) is 181 Å². The van der Waals surface area contributed by atoms with Gasteiger partial charge in [-0.2, -0.15) is 0 Å². The van der Waals surface area contributed by atoms with Crippen molar-refractivity contribution >= 4 is 11.9 Å². The van der Waals surface area contributed by atoms with E-state index in [-0.39, 0.29) is 26.1 Å². The molecule has 11 unspecified atom stereocenters. The number of carbonyl (C=O) groups is 2. The van der Waals surface area contributed by atoms with Gasteiger partial charge >= 0.3 is 11.9 Å². The fraction of sp³-hybridized carbons (Fsp3) is 0.959. The SMILES string of the molecule is CCCCCCCCCCCCCCCCCCC(=O)OC(COC(=O)CCCCCCCCCCCCCC)COC1OC(COC2OC(CO)C(O)C(O)C2O)C(O)C(O)C1O. The zero-order valence-electron chi connectivity index (χ0n) is 39.8. The molecule has 0 aromatic heterocycles. The van der Waals surface area contributed by atoms with Crippen LogP contribution in [0.2, 0.25) is 0 Å². The molecule has 0 bridgehead atoms. The summed E-state index contributed by atoms with van der Waals surface area (Å²) in [4.78, 5) is 25.7. The number of rotatable bonds is 40. The van der Waals surface area contributed by atoms with E-state index in [1.165, 1.54) is 128 Å². The molecule has 11 atom stereocenters. The lowest BCUT2D eigenvalue weighted by atomic mass is 9.98. The maximum Gasteiger partial charge on any atom is 0.306 e. The van der Waals surface area contributed by atoms with Gasteiger partial charge < -0.3 is 64.2 Å². The van der Waals surface area contributed by atoms with Gasteiger partial charge in [0, 0.05) is 12.8 Å². The highest BCUT2D eigenvalue weighted by atomic mass is 16.7. The Morgan fingerprint density at radius 2 is 0.797 bits per heavy atom. The third-order valence-corrected chi connectivity index (χ3v) is 12.6. The largest absolute Gasteiger partial charge is 0.462 e. The standard InChI is InChI=1S/C49H92O15/c1-3-5-7-9-11-13-15-17-18-19-20-22-24-26-28-30-32-41(52)62-37(34-59-40(51)31-29-27-25-23-21-16-14-12-10-8-6-4-2)35-60-48-47(58)45(56)43(54)39(64-48)36-61-49-46(57)44(55)42(53)38(33-50)63-49/h37-39,42-50,53-58H,3-36H2,1-2H3. The molecule has 0 saturated carbocycles. The summed E-state index contributed by atoms with van der Waals surface area (Å²) in [6, 6.07) is 0. The minimum absolute atomic E-state index is 0.173. The quantitative estimate of drug-likeness (QED) is 0.0247. The normalized spacial score (nSPS) is 26.5. The highest BCUT2D eigenvalue weighted by Gasteiger charge is 2.47. The van der Waals surface area contributed by atoms with E-state index >= 15 is 0 Å². The Bertz CT molecular complexity index is 1130.